The van der Waals surface area contributed by atoms with Gasteiger partial charge in [0, 0.05) is 0 Å². The zero-order valence-corrected chi connectivity index (χ0v) is 11.8. The molecule has 0 aliphatic carbocycles. The molecule has 2 rings (SSSR count). The molecule has 0 amide bonds. The van der Waals surface area contributed by atoms with Gasteiger partial charge in [-0.1, -0.05) is 0 Å². The van der Waals surface area contributed by atoms with Crippen LogP contribution in [-0.2, 0) is 14.2 Å². The van der Waals surface area contributed by atoms with E-state index < -0.39 is 68.0 Å². The maximum absolute atomic E-state index is 9.96. The Bertz CT molecular complexity index is 352. The lowest BCUT2D eigenvalue weighted by molar-refractivity contribution is -0.353. The zero-order chi connectivity index (χ0) is 16.6. The van der Waals surface area contributed by atoms with Gasteiger partial charge in [0.15, 0.2) is 12.6 Å². The summed E-state index contributed by atoms with van der Waals surface area (Å²) >= 11 is 0. The molecule has 7 N–H and O–H groups in total. The second kappa shape index (κ2) is 7.01. The van der Waals surface area contributed by atoms with Gasteiger partial charge >= 0.3 is 0 Å². The van der Waals surface area contributed by atoms with Gasteiger partial charge in [0.05, 0.1) is 12.7 Å². The number of aliphatic hydroxyl groups excluding tert-OH is 7. The van der Waals surface area contributed by atoms with Crippen LogP contribution < -0.4 is 0 Å². The van der Waals surface area contributed by atoms with Gasteiger partial charge in [0.2, 0.25) is 0 Å². The minimum atomic E-state index is -1.67. The first-order valence-electron chi connectivity index (χ1n) is 6.93. The Morgan fingerprint density at radius 1 is 0.818 bits per heavy atom. The molecular formula is C12H22O10. The van der Waals surface area contributed by atoms with Gasteiger partial charge in [0.1, 0.15) is 42.7 Å². The van der Waals surface area contributed by atoms with E-state index in [9.17, 15) is 30.6 Å². The van der Waals surface area contributed by atoms with Crippen LogP contribution in [0.2, 0.25) is 0 Å². The van der Waals surface area contributed by atoms with Crippen molar-refractivity contribution < 1.29 is 50.0 Å². The van der Waals surface area contributed by atoms with E-state index in [1.165, 1.54) is 6.92 Å². The Morgan fingerprint density at radius 2 is 1.45 bits per heavy atom. The summed E-state index contributed by atoms with van der Waals surface area (Å²) in [6.45, 7) is 0.812. The SMILES string of the molecule is C[C@@H]1OC(O)[C@H](O)[C@H](O[C@H]2O[C@H](CO)[C@@H](O)[C@H](O)[C@@H]2O)[C@H]1O. The molecule has 2 aliphatic heterocycles. The van der Waals surface area contributed by atoms with Crippen molar-refractivity contribution in [2.45, 2.75) is 68.3 Å². The van der Waals surface area contributed by atoms with Gasteiger partial charge in [-0.15, -0.1) is 0 Å². The first-order chi connectivity index (χ1) is 10.3. The molecule has 2 heterocycles. The summed E-state index contributed by atoms with van der Waals surface area (Å²) in [5.41, 5.74) is 0. The largest absolute Gasteiger partial charge is 0.394 e. The Labute approximate surface area is 126 Å². The molecule has 10 atom stereocenters. The van der Waals surface area contributed by atoms with Crippen LogP contribution in [0.25, 0.3) is 0 Å². The molecule has 0 saturated carbocycles. The summed E-state index contributed by atoms with van der Waals surface area (Å²) in [5.74, 6) is 0. The Kier molecular flexibility index (Phi) is 5.72. The van der Waals surface area contributed by atoms with Crippen LogP contribution in [0.3, 0.4) is 0 Å². The highest BCUT2D eigenvalue weighted by Gasteiger charge is 2.49. The number of ether oxygens (including phenoxy) is 3. The highest BCUT2D eigenvalue weighted by molar-refractivity contribution is 4.92. The fraction of sp³-hybridized carbons (Fsp3) is 1.00. The predicted octanol–water partition coefficient (Wildman–Crippen LogP) is -4.37. The van der Waals surface area contributed by atoms with Crippen LogP contribution in [0.5, 0.6) is 0 Å². The van der Waals surface area contributed by atoms with Gasteiger partial charge < -0.3 is 50.0 Å². The maximum Gasteiger partial charge on any atom is 0.187 e. The standard InChI is InChI=1S/C12H22O10/c1-3-5(14)10(9(18)11(19)20-3)22-12-8(17)7(16)6(15)4(2-13)21-12/h3-19H,2H2,1H3/t3-,4+,5-,6+,7-,8-,9+,10+,11?,12+/m0/s1. The van der Waals surface area contributed by atoms with E-state index in [1.807, 2.05) is 0 Å². The summed E-state index contributed by atoms with van der Waals surface area (Å²) in [7, 11) is 0. The van der Waals surface area contributed by atoms with Crippen LogP contribution in [0.1, 0.15) is 6.92 Å². The lowest BCUT2D eigenvalue weighted by atomic mass is 9.97. The summed E-state index contributed by atoms with van der Waals surface area (Å²) in [6, 6.07) is 0. The van der Waals surface area contributed by atoms with E-state index in [0.29, 0.717) is 0 Å². The van der Waals surface area contributed by atoms with E-state index in [1.54, 1.807) is 0 Å². The molecule has 2 aliphatic rings. The molecule has 0 bridgehead atoms. The van der Waals surface area contributed by atoms with Crippen LogP contribution >= 0.6 is 0 Å². The summed E-state index contributed by atoms with van der Waals surface area (Å²) in [5, 5.41) is 67.6. The number of hydrogen-bond donors (Lipinski definition) is 7. The molecule has 0 aromatic carbocycles. The number of aliphatic hydroxyl groups is 7. The minimum absolute atomic E-state index is 0.636. The Hall–Kier alpha value is -0.400. The molecule has 10 nitrogen and oxygen atoms in total. The molecule has 22 heavy (non-hydrogen) atoms. The third-order valence-electron chi connectivity index (χ3n) is 3.94. The van der Waals surface area contributed by atoms with E-state index in [2.05, 4.69) is 0 Å². The topological polar surface area (TPSA) is 169 Å². The van der Waals surface area contributed by atoms with Gasteiger partial charge in [-0.2, -0.15) is 0 Å². The normalized spacial score (nSPS) is 53.5. The molecule has 0 spiro atoms. The molecule has 130 valence electrons. The third-order valence-corrected chi connectivity index (χ3v) is 3.94. The molecular weight excluding hydrogens is 304 g/mol. The highest BCUT2D eigenvalue weighted by Crippen LogP contribution is 2.28. The summed E-state index contributed by atoms with van der Waals surface area (Å²) in [4.78, 5) is 0. The van der Waals surface area contributed by atoms with E-state index in [0.717, 1.165) is 0 Å². The van der Waals surface area contributed by atoms with Crippen LogP contribution in [0, 0.1) is 0 Å². The predicted molar refractivity (Wildman–Crippen MR) is 67.2 cm³/mol. The highest BCUT2D eigenvalue weighted by atomic mass is 16.7. The van der Waals surface area contributed by atoms with Crippen molar-refractivity contribution in [1.29, 1.82) is 0 Å². The van der Waals surface area contributed by atoms with Crippen LogP contribution in [0.15, 0.2) is 0 Å². The molecule has 2 saturated heterocycles. The fourth-order valence-electron chi connectivity index (χ4n) is 2.51. The zero-order valence-electron chi connectivity index (χ0n) is 11.8. The van der Waals surface area contributed by atoms with Crippen molar-refractivity contribution in [2.75, 3.05) is 6.61 Å². The third kappa shape index (κ3) is 3.26. The lowest BCUT2D eigenvalue weighted by Crippen LogP contribution is -2.63. The number of rotatable bonds is 3. The van der Waals surface area contributed by atoms with Gasteiger partial charge in [-0.25, -0.2) is 0 Å². The second-order valence-corrected chi connectivity index (χ2v) is 5.51. The molecule has 10 heteroatoms. The number of hydrogen-bond acceptors (Lipinski definition) is 10. The quantitative estimate of drug-likeness (QED) is 0.269. The molecule has 0 aromatic rings. The first-order valence-corrected chi connectivity index (χ1v) is 6.93. The Morgan fingerprint density at radius 3 is 2.05 bits per heavy atom. The fourth-order valence-corrected chi connectivity index (χ4v) is 2.51. The average molecular weight is 326 g/mol. The monoisotopic (exact) mass is 326 g/mol. The van der Waals surface area contributed by atoms with Crippen molar-refractivity contribution in [3.05, 3.63) is 0 Å². The van der Waals surface area contributed by atoms with Crippen LogP contribution in [-0.4, -0.2) is 104 Å². The van der Waals surface area contributed by atoms with Crippen LogP contribution in [0.4, 0.5) is 0 Å². The maximum atomic E-state index is 9.96. The first kappa shape index (κ1) is 17.9. The van der Waals surface area contributed by atoms with Gasteiger partial charge in [-0.05, 0) is 6.92 Å². The average Bonchev–Trinajstić information content (AvgIpc) is 2.49. The van der Waals surface area contributed by atoms with Gasteiger partial charge in [0.25, 0.3) is 0 Å². The van der Waals surface area contributed by atoms with E-state index in [4.69, 9.17) is 19.3 Å². The van der Waals surface area contributed by atoms with E-state index >= 15 is 0 Å². The van der Waals surface area contributed by atoms with Gasteiger partial charge in [-0.3, -0.25) is 0 Å². The molecule has 0 aromatic heterocycles. The second-order valence-electron chi connectivity index (χ2n) is 5.51. The summed E-state index contributed by atoms with van der Waals surface area (Å²) < 4.78 is 15.3. The van der Waals surface area contributed by atoms with Crippen molar-refractivity contribution >= 4 is 0 Å². The molecule has 1 unspecified atom stereocenters. The van der Waals surface area contributed by atoms with Crippen molar-refractivity contribution in [3.63, 3.8) is 0 Å². The van der Waals surface area contributed by atoms with Crippen molar-refractivity contribution in [2.24, 2.45) is 0 Å². The lowest BCUT2D eigenvalue weighted by Gasteiger charge is -2.44. The minimum Gasteiger partial charge on any atom is -0.394 e. The molecule has 2 fully saturated rings. The summed E-state index contributed by atoms with van der Waals surface area (Å²) in [6.07, 6.45) is -14.3. The smallest absolute Gasteiger partial charge is 0.187 e. The van der Waals surface area contributed by atoms with E-state index in [-0.39, 0.29) is 0 Å². The Balaban J connectivity index is 2.10. The van der Waals surface area contributed by atoms with Crippen molar-refractivity contribution in [1.82, 2.24) is 0 Å². The van der Waals surface area contributed by atoms with Crippen molar-refractivity contribution in [3.8, 4) is 0 Å². The molecule has 0 radical (unpaired) electrons.